The molecule has 180 valence electrons. The second-order valence-electron chi connectivity index (χ2n) is 6.62. The standard InChI is InChI=1S/C22H20Cl3N3O6/c1-3-31-21(29)19-20(22(30)32-4-2)28(27-26-19)12-34-17-7-5-14(23)9-13(17)11-33-18-8-6-15(24)10-16(18)25/h5-10H,3-4,11-12H2,1-2H3. The van der Waals surface area contributed by atoms with Crippen molar-refractivity contribution in [1.29, 1.82) is 0 Å². The highest BCUT2D eigenvalue weighted by molar-refractivity contribution is 6.35. The van der Waals surface area contributed by atoms with Gasteiger partial charge in [-0.1, -0.05) is 40.0 Å². The Hall–Kier alpha value is -3.01. The van der Waals surface area contributed by atoms with Crippen molar-refractivity contribution in [2.75, 3.05) is 13.2 Å². The molecule has 0 radical (unpaired) electrons. The molecular formula is C22H20Cl3N3O6. The summed E-state index contributed by atoms with van der Waals surface area (Å²) in [6.45, 7) is 3.30. The third-order valence-corrected chi connectivity index (χ3v) is 5.08. The van der Waals surface area contributed by atoms with E-state index in [-0.39, 0.29) is 37.9 Å². The molecule has 0 unspecified atom stereocenters. The van der Waals surface area contributed by atoms with Gasteiger partial charge in [0.15, 0.2) is 12.4 Å². The van der Waals surface area contributed by atoms with E-state index in [2.05, 4.69) is 10.3 Å². The van der Waals surface area contributed by atoms with E-state index >= 15 is 0 Å². The summed E-state index contributed by atoms with van der Waals surface area (Å²) < 4.78 is 22.7. The fraction of sp³-hybridized carbons (Fsp3) is 0.273. The van der Waals surface area contributed by atoms with Crippen LogP contribution in [0.4, 0.5) is 0 Å². The Labute approximate surface area is 210 Å². The highest BCUT2D eigenvalue weighted by Crippen LogP contribution is 2.30. The number of rotatable bonds is 10. The average molecular weight is 529 g/mol. The number of aromatic nitrogens is 3. The van der Waals surface area contributed by atoms with E-state index < -0.39 is 11.9 Å². The molecule has 0 saturated heterocycles. The molecule has 12 heteroatoms. The maximum atomic E-state index is 12.4. The van der Waals surface area contributed by atoms with Crippen molar-refractivity contribution in [2.45, 2.75) is 27.2 Å². The van der Waals surface area contributed by atoms with Crippen LogP contribution in [-0.2, 0) is 22.8 Å². The molecule has 0 N–H and O–H groups in total. The first-order valence-corrected chi connectivity index (χ1v) is 11.2. The lowest BCUT2D eigenvalue weighted by atomic mass is 10.2. The van der Waals surface area contributed by atoms with Crippen LogP contribution in [0.25, 0.3) is 0 Å². The predicted octanol–water partition coefficient (Wildman–Crippen LogP) is 5.21. The smallest absolute Gasteiger partial charge is 0.361 e. The summed E-state index contributed by atoms with van der Waals surface area (Å²) in [7, 11) is 0. The van der Waals surface area contributed by atoms with Crippen molar-refractivity contribution in [3.8, 4) is 11.5 Å². The van der Waals surface area contributed by atoms with Gasteiger partial charge < -0.3 is 18.9 Å². The van der Waals surface area contributed by atoms with E-state index in [1.807, 2.05) is 0 Å². The Kier molecular flexibility index (Phi) is 8.98. The van der Waals surface area contributed by atoms with Gasteiger partial charge in [0.05, 0.1) is 18.2 Å². The number of ether oxygens (including phenoxy) is 4. The van der Waals surface area contributed by atoms with Crippen molar-refractivity contribution in [1.82, 2.24) is 15.0 Å². The van der Waals surface area contributed by atoms with E-state index in [0.29, 0.717) is 32.1 Å². The SMILES string of the molecule is CCOC(=O)c1nnn(COc2ccc(Cl)cc2COc2ccc(Cl)cc2Cl)c1C(=O)OCC. The van der Waals surface area contributed by atoms with Crippen LogP contribution in [0.2, 0.25) is 15.1 Å². The minimum absolute atomic E-state index is 0.0768. The quantitative estimate of drug-likeness (QED) is 0.331. The lowest BCUT2D eigenvalue weighted by molar-refractivity contribution is 0.0461. The predicted molar refractivity (Wildman–Crippen MR) is 125 cm³/mol. The highest BCUT2D eigenvalue weighted by Gasteiger charge is 2.28. The summed E-state index contributed by atoms with van der Waals surface area (Å²) in [5.41, 5.74) is 0.155. The Morgan fingerprint density at radius 3 is 2.21 bits per heavy atom. The summed E-state index contributed by atoms with van der Waals surface area (Å²) >= 11 is 18.2. The van der Waals surface area contributed by atoms with E-state index in [0.717, 1.165) is 4.68 Å². The Balaban J connectivity index is 1.81. The maximum absolute atomic E-state index is 12.4. The number of nitrogens with zero attached hydrogens (tertiary/aromatic N) is 3. The molecule has 9 nitrogen and oxygen atoms in total. The molecule has 34 heavy (non-hydrogen) atoms. The largest absolute Gasteiger partial charge is 0.487 e. The lowest BCUT2D eigenvalue weighted by Gasteiger charge is -2.14. The van der Waals surface area contributed by atoms with Crippen molar-refractivity contribution in [3.05, 3.63) is 68.4 Å². The first-order valence-electron chi connectivity index (χ1n) is 10.1. The normalized spacial score (nSPS) is 10.6. The Bertz CT molecular complexity index is 1180. The van der Waals surface area contributed by atoms with Crippen LogP contribution in [0.3, 0.4) is 0 Å². The summed E-state index contributed by atoms with van der Waals surface area (Å²) in [4.78, 5) is 24.6. The van der Waals surface area contributed by atoms with Crippen LogP contribution in [0.1, 0.15) is 40.4 Å². The average Bonchev–Trinajstić information content (AvgIpc) is 3.22. The molecule has 0 saturated carbocycles. The molecule has 3 rings (SSSR count). The Morgan fingerprint density at radius 2 is 1.53 bits per heavy atom. The zero-order chi connectivity index (χ0) is 24.7. The third kappa shape index (κ3) is 6.31. The molecule has 0 aliphatic carbocycles. The summed E-state index contributed by atoms with van der Waals surface area (Å²) in [5.74, 6) is -0.747. The third-order valence-electron chi connectivity index (χ3n) is 4.31. The molecule has 0 spiro atoms. The minimum Gasteiger partial charge on any atom is -0.487 e. The summed E-state index contributed by atoms with van der Waals surface area (Å²) in [6, 6.07) is 9.80. The number of carbonyl (C=O) groups is 2. The van der Waals surface area contributed by atoms with E-state index in [4.69, 9.17) is 53.8 Å². The van der Waals surface area contributed by atoms with Crippen molar-refractivity contribution >= 4 is 46.7 Å². The van der Waals surface area contributed by atoms with Crippen molar-refractivity contribution < 1.29 is 28.5 Å². The molecular weight excluding hydrogens is 509 g/mol. The lowest BCUT2D eigenvalue weighted by Crippen LogP contribution is -2.20. The van der Waals surface area contributed by atoms with Crippen LogP contribution in [-0.4, -0.2) is 40.1 Å². The number of carbonyl (C=O) groups excluding carboxylic acids is 2. The monoisotopic (exact) mass is 527 g/mol. The fourth-order valence-electron chi connectivity index (χ4n) is 2.82. The van der Waals surface area contributed by atoms with Gasteiger partial charge in [-0.3, -0.25) is 0 Å². The van der Waals surface area contributed by atoms with Gasteiger partial charge in [-0.2, -0.15) is 0 Å². The van der Waals surface area contributed by atoms with Gasteiger partial charge in [-0.05, 0) is 50.2 Å². The molecule has 2 aromatic carbocycles. The number of hydrogen-bond donors (Lipinski definition) is 0. The molecule has 0 fully saturated rings. The first kappa shape index (κ1) is 25.6. The van der Waals surface area contributed by atoms with Gasteiger partial charge in [0.25, 0.3) is 0 Å². The molecule has 0 aliphatic heterocycles. The van der Waals surface area contributed by atoms with Crippen LogP contribution >= 0.6 is 34.8 Å². The minimum atomic E-state index is -0.794. The molecule has 1 heterocycles. The molecule has 0 amide bonds. The fourth-order valence-corrected chi connectivity index (χ4v) is 3.48. The van der Waals surface area contributed by atoms with Gasteiger partial charge >= 0.3 is 11.9 Å². The second-order valence-corrected chi connectivity index (χ2v) is 7.90. The molecule has 0 aliphatic rings. The number of hydrogen-bond acceptors (Lipinski definition) is 8. The van der Waals surface area contributed by atoms with Gasteiger partial charge in [0, 0.05) is 15.6 Å². The second kappa shape index (κ2) is 11.9. The summed E-state index contributed by atoms with van der Waals surface area (Å²) in [5, 5.41) is 8.92. The topological polar surface area (TPSA) is 102 Å². The molecule has 0 bridgehead atoms. The number of benzene rings is 2. The molecule has 3 aromatic rings. The maximum Gasteiger partial charge on any atom is 0.361 e. The summed E-state index contributed by atoms with van der Waals surface area (Å²) in [6.07, 6.45) is 0. The van der Waals surface area contributed by atoms with Crippen molar-refractivity contribution in [2.24, 2.45) is 0 Å². The van der Waals surface area contributed by atoms with E-state index in [1.165, 1.54) is 0 Å². The van der Waals surface area contributed by atoms with Crippen LogP contribution in [0, 0.1) is 0 Å². The van der Waals surface area contributed by atoms with E-state index in [1.54, 1.807) is 50.2 Å². The van der Waals surface area contributed by atoms with Gasteiger partial charge in [0.1, 0.15) is 18.1 Å². The number of esters is 2. The van der Waals surface area contributed by atoms with Gasteiger partial charge in [-0.15, -0.1) is 5.10 Å². The molecule has 0 atom stereocenters. The van der Waals surface area contributed by atoms with Crippen LogP contribution in [0.15, 0.2) is 36.4 Å². The zero-order valence-corrected chi connectivity index (χ0v) is 20.5. The van der Waals surface area contributed by atoms with Gasteiger partial charge in [0.2, 0.25) is 5.69 Å². The zero-order valence-electron chi connectivity index (χ0n) is 18.2. The highest BCUT2D eigenvalue weighted by atomic mass is 35.5. The van der Waals surface area contributed by atoms with Crippen LogP contribution in [0.5, 0.6) is 11.5 Å². The van der Waals surface area contributed by atoms with Gasteiger partial charge in [-0.25, -0.2) is 14.3 Å². The van der Waals surface area contributed by atoms with Crippen LogP contribution < -0.4 is 9.47 Å². The molecule has 1 aromatic heterocycles. The van der Waals surface area contributed by atoms with Crippen molar-refractivity contribution in [3.63, 3.8) is 0 Å². The number of halogens is 3. The van der Waals surface area contributed by atoms with E-state index in [9.17, 15) is 9.59 Å². The first-order chi connectivity index (χ1) is 16.3. The Morgan fingerprint density at radius 1 is 0.882 bits per heavy atom.